The number of hydrogen-bond donors (Lipinski definition) is 2. The average Bonchev–Trinajstić information content (AvgIpc) is 2.72. The maximum atomic E-state index is 13.2. The number of ether oxygens (including phenoxy) is 2. The van der Waals surface area contributed by atoms with Gasteiger partial charge in [0.15, 0.2) is 17.5 Å². The predicted octanol–water partition coefficient (Wildman–Crippen LogP) is 2.53. The van der Waals surface area contributed by atoms with Crippen molar-refractivity contribution in [2.24, 2.45) is 4.99 Å². The quantitative estimate of drug-likeness (QED) is 0.524. The third-order valence-corrected chi connectivity index (χ3v) is 4.27. The molecule has 0 aliphatic heterocycles. The Morgan fingerprint density at radius 1 is 1.14 bits per heavy atom. The molecule has 0 heterocycles. The fraction of sp³-hybridized carbons (Fsp3) is 0.333. The number of methoxy groups -OCH3 is 2. The van der Waals surface area contributed by atoms with E-state index in [1.165, 1.54) is 12.1 Å². The molecule has 156 valence electrons. The third-order valence-electron chi connectivity index (χ3n) is 4.27. The van der Waals surface area contributed by atoms with E-state index >= 15 is 0 Å². The number of carbonyl (C=O) groups is 1. The second-order valence-electron chi connectivity index (χ2n) is 6.32. The van der Waals surface area contributed by atoms with E-state index in [-0.39, 0.29) is 12.5 Å². The van der Waals surface area contributed by atoms with Crippen molar-refractivity contribution in [2.45, 2.75) is 6.42 Å². The third kappa shape index (κ3) is 6.67. The number of halogens is 1. The van der Waals surface area contributed by atoms with Crippen LogP contribution in [0.25, 0.3) is 0 Å². The highest BCUT2D eigenvalue weighted by Gasteiger charge is 2.10. The fourth-order valence-electron chi connectivity index (χ4n) is 2.75. The van der Waals surface area contributed by atoms with Crippen molar-refractivity contribution in [2.75, 3.05) is 46.7 Å². The van der Waals surface area contributed by atoms with E-state index in [1.54, 1.807) is 33.4 Å². The molecule has 0 atom stereocenters. The molecule has 2 aromatic carbocycles. The second kappa shape index (κ2) is 10.9. The van der Waals surface area contributed by atoms with E-state index in [0.717, 1.165) is 12.0 Å². The predicted molar refractivity (Wildman–Crippen MR) is 112 cm³/mol. The van der Waals surface area contributed by atoms with Gasteiger partial charge < -0.3 is 25.0 Å². The van der Waals surface area contributed by atoms with Crippen molar-refractivity contribution < 1.29 is 18.7 Å². The topological polar surface area (TPSA) is 75.2 Å². The summed E-state index contributed by atoms with van der Waals surface area (Å²) in [6.45, 7) is 0.699. The van der Waals surface area contributed by atoms with E-state index in [1.807, 2.05) is 30.1 Å². The molecule has 29 heavy (non-hydrogen) atoms. The SMILES string of the molecule is CN=C(NCC(=O)Nc1cccc(F)c1)N(C)CCc1ccc(OC)c(OC)c1. The molecule has 0 saturated carbocycles. The number of carbonyl (C=O) groups excluding carboxylic acids is 1. The van der Waals surface area contributed by atoms with E-state index in [4.69, 9.17) is 9.47 Å². The molecule has 0 spiro atoms. The Hall–Kier alpha value is -3.29. The van der Waals surface area contributed by atoms with Crippen LogP contribution in [0.5, 0.6) is 11.5 Å². The van der Waals surface area contributed by atoms with Crippen LogP contribution < -0.4 is 20.1 Å². The van der Waals surface area contributed by atoms with Gasteiger partial charge >= 0.3 is 0 Å². The molecule has 0 saturated heterocycles. The number of nitrogens with zero attached hydrogens (tertiary/aromatic N) is 2. The minimum atomic E-state index is -0.401. The smallest absolute Gasteiger partial charge is 0.243 e. The molecule has 0 unspecified atom stereocenters. The Balaban J connectivity index is 1.85. The van der Waals surface area contributed by atoms with Gasteiger partial charge in [0.25, 0.3) is 0 Å². The molecule has 0 bridgehead atoms. The van der Waals surface area contributed by atoms with Gasteiger partial charge in [0.05, 0.1) is 20.8 Å². The number of nitrogens with one attached hydrogen (secondary N) is 2. The Morgan fingerprint density at radius 2 is 1.90 bits per heavy atom. The van der Waals surface area contributed by atoms with E-state index in [0.29, 0.717) is 29.7 Å². The van der Waals surface area contributed by atoms with Gasteiger partial charge in [-0.1, -0.05) is 12.1 Å². The Labute approximate surface area is 170 Å². The first-order chi connectivity index (χ1) is 14.0. The summed E-state index contributed by atoms with van der Waals surface area (Å²) >= 11 is 0. The summed E-state index contributed by atoms with van der Waals surface area (Å²) in [5, 5.41) is 5.65. The zero-order valence-electron chi connectivity index (χ0n) is 17.2. The number of anilines is 1. The van der Waals surface area contributed by atoms with E-state index in [2.05, 4.69) is 15.6 Å². The summed E-state index contributed by atoms with van der Waals surface area (Å²) < 4.78 is 23.8. The lowest BCUT2D eigenvalue weighted by molar-refractivity contribution is -0.115. The van der Waals surface area contributed by atoms with Gasteiger partial charge in [0, 0.05) is 26.3 Å². The lowest BCUT2D eigenvalue weighted by atomic mass is 10.1. The van der Waals surface area contributed by atoms with Gasteiger partial charge in [-0.25, -0.2) is 4.39 Å². The lowest BCUT2D eigenvalue weighted by Crippen LogP contribution is -2.43. The number of hydrogen-bond acceptors (Lipinski definition) is 4. The van der Waals surface area contributed by atoms with E-state index in [9.17, 15) is 9.18 Å². The summed E-state index contributed by atoms with van der Waals surface area (Å²) in [7, 11) is 6.75. The van der Waals surface area contributed by atoms with E-state index < -0.39 is 5.82 Å². The van der Waals surface area contributed by atoms with Crippen LogP contribution in [-0.2, 0) is 11.2 Å². The van der Waals surface area contributed by atoms with Gasteiger partial charge in [0.2, 0.25) is 5.91 Å². The van der Waals surface area contributed by atoms with Crippen molar-refractivity contribution in [3.05, 3.63) is 53.8 Å². The maximum absolute atomic E-state index is 13.2. The van der Waals surface area contributed by atoms with Crippen molar-refractivity contribution >= 4 is 17.6 Å². The summed E-state index contributed by atoms with van der Waals surface area (Å²) in [6.07, 6.45) is 0.757. The molecular weight excluding hydrogens is 375 g/mol. The second-order valence-corrected chi connectivity index (χ2v) is 6.32. The molecular formula is C21H27FN4O3. The molecule has 2 aromatic rings. The van der Waals surface area contributed by atoms with Crippen LogP contribution in [0.3, 0.4) is 0 Å². The molecule has 0 aromatic heterocycles. The first-order valence-electron chi connectivity index (χ1n) is 9.15. The average molecular weight is 402 g/mol. The highest BCUT2D eigenvalue weighted by molar-refractivity contribution is 5.94. The van der Waals surface area contributed by atoms with Gasteiger partial charge in [-0.3, -0.25) is 9.79 Å². The highest BCUT2D eigenvalue weighted by atomic mass is 19.1. The molecule has 0 aliphatic rings. The number of rotatable bonds is 8. The maximum Gasteiger partial charge on any atom is 0.243 e. The first kappa shape index (κ1) is 22.0. The fourth-order valence-corrected chi connectivity index (χ4v) is 2.75. The van der Waals surface area contributed by atoms with Gasteiger partial charge in [-0.05, 0) is 42.3 Å². The van der Waals surface area contributed by atoms with Crippen LogP contribution in [0.2, 0.25) is 0 Å². The van der Waals surface area contributed by atoms with Gasteiger partial charge in [-0.2, -0.15) is 0 Å². The Kier molecular flexibility index (Phi) is 8.27. The van der Waals surface area contributed by atoms with Crippen LogP contribution >= 0.6 is 0 Å². The Morgan fingerprint density at radius 3 is 2.55 bits per heavy atom. The van der Waals surface area contributed by atoms with Crippen LogP contribution in [0, 0.1) is 5.82 Å². The van der Waals surface area contributed by atoms with Gasteiger partial charge in [-0.15, -0.1) is 0 Å². The minimum Gasteiger partial charge on any atom is -0.493 e. The zero-order valence-corrected chi connectivity index (χ0v) is 17.2. The molecule has 0 fully saturated rings. The summed E-state index contributed by atoms with van der Waals surface area (Å²) in [6, 6.07) is 11.6. The van der Waals surface area contributed by atoms with Gasteiger partial charge in [0.1, 0.15) is 5.82 Å². The standard InChI is InChI=1S/C21H27FN4O3/c1-23-21(24-14-20(27)25-17-7-5-6-16(22)13-17)26(2)11-10-15-8-9-18(28-3)19(12-15)29-4/h5-9,12-13H,10-11,14H2,1-4H3,(H,23,24)(H,25,27). The molecule has 1 amide bonds. The van der Waals surface area contributed by atoms with Crippen LogP contribution in [0.1, 0.15) is 5.56 Å². The minimum absolute atomic E-state index is 0.0177. The molecule has 0 radical (unpaired) electrons. The molecule has 7 nitrogen and oxygen atoms in total. The van der Waals surface area contributed by atoms with Crippen molar-refractivity contribution in [1.82, 2.24) is 10.2 Å². The molecule has 2 N–H and O–H groups in total. The monoisotopic (exact) mass is 402 g/mol. The van der Waals surface area contributed by atoms with Crippen molar-refractivity contribution in [1.29, 1.82) is 0 Å². The largest absolute Gasteiger partial charge is 0.493 e. The normalized spacial score (nSPS) is 11.0. The van der Waals surface area contributed by atoms with Crippen LogP contribution in [0.4, 0.5) is 10.1 Å². The number of aliphatic imine (C=N–C) groups is 1. The van der Waals surface area contributed by atoms with Crippen molar-refractivity contribution in [3.8, 4) is 11.5 Å². The number of guanidine groups is 1. The molecule has 8 heteroatoms. The lowest BCUT2D eigenvalue weighted by Gasteiger charge is -2.22. The number of amides is 1. The highest BCUT2D eigenvalue weighted by Crippen LogP contribution is 2.27. The number of benzene rings is 2. The summed E-state index contributed by atoms with van der Waals surface area (Å²) in [5.74, 6) is 1.27. The number of likely N-dealkylation sites (N-methyl/N-ethyl adjacent to an activating group) is 1. The molecule has 2 rings (SSSR count). The first-order valence-corrected chi connectivity index (χ1v) is 9.15. The zero-order chi connectivity index (χ0) is 21.2. The van der Waals surface area contributed by atoms with Crippen LogP contribution in [-0.4, -0.2) is 58.2 Å². The Bertz CT molecular complexity index is 858. The van der Waals surface area contributed by atoms with Crippen LogP contribution in [0.15, 0.2) is 47.5 Å². The molecule has 0 aliphatic carbocycles. The summed E-state index contributed by atoms with van der Waals surface area (Å²) in [5.41, 5.74) is 1.50. The van der Waals surface area contributed by atoms with Crippen molar-refractivity contribution in [3.63, 3.8) is 0 Å². The summed E-state index contributed by atoms with van der Waals surface area (Å²) in [4.78, 5) is 18.2.